The predicted molar refractivity (Wildman–Crippen MR) is 66.3 cm³/mol. The molecule has 2 atom stereocenters. The second kappa shape index (κ2) is 5.49. The van der Waals surface area contributed by atoms with Crippen molar-refractivity contribution in [2.75, 3.05) is 19.6 Å². The molecule has 0 aliphatic carbocycles. The summed E-state index contributed by atoms with van der Waals surface area (Å²) in [6, 6.07) is 0.958. The number of ether oxygens (including phenoxy) is 1. The third-order valence-corrected chi connectivity index (χ3v) is 4.67. The number of morpholine rings is 1. The normalized spacial score (nSPS) is 25.4. The monoisotopic (exact) mass is 289 g/mol. The molecule has 1 aromatic heterocycles. The van der Waals surface area contributed by atoms with Crippen LogP contribution in [0.25, 0.3) is 0 Å². The van der Waals surface area contributed by atoms with Gasteiger partial charge in [-0.3, -0.25) is 4.98 Å². The van der Waals surface area contributed by atoms with Crippen LogP contribution < -0.4 is 5.73 Å². The van der Waals surface area contributed by atoms with Gasteiger partial charge in [0.05, 0.1) is 18.4 Å². The predicted octanol–water partition coefficient (Wildman–Crippen LogP) is -0.0426. The van der Waals surface area contributed by atoms with Crippen molar-refractivity contribution >= 4 is 10.0 Å². The minimum Gasteiger partial charge on any atom is -0.371 e. The van der Waals surface area contributed by atoms with E-state index in [-0.39, 0.29) is 36.7 Å². The van der Waals surface area contributed by atoms with Gasteiger partial charge in [0.1, 0.15) is 10.7 Å². The van der Waals surface area contributed by atoms with Gasteiger partial charge in [-0.1, -0.05) is 0 Å². The molecule has 106 valence electrons. The summed E-state index contributed by atoms with van der Waals surface area (Å²) < 4.78 is 44.6. The highest BCUT2D eigenvalue weighted by Gasteiger charge is 2.33. The maximum atomic E-state index is 13.1. The lowest BCUT2D eigenvalue weighted by atomic mass is 10.2. The van der Waals surface area contributed by atoms with Crippen LogP contribution in [0.5, 0.6) is 0 Å². The third kappa shape index (κ3) is 3.08. The van der Waals surface area contributed by atoms with E-state index in [1.165, 1.54) is 4.31 Å². The van der Waals surface area contributed by atoms with Gasteiger partial charge in [0.25, 0.3) is 0 Å². The van der Waals surface area contributed by atoms with Crippen molar-refractivity contribution in [1.82, 2.24) is 9.29 Å². The zero-order chi connectivity index (χ0) is 14.0. The smallest absolute Gasteiger partial charge is 0.244 e. The molecule has 1 aromatic rings. The molecule has 1 saturated heterocycles. The van der Waals surface area contributed by atoms with Crippen LogP contribution in [-0.4, -0.2) is 49.5 Å². The van der Waals surface area contributed by atoms with E-state index < -0.39 is 15.8 Å². The zero-order valence-corrected chi connectivity index (χ0v) is 11.3. The minimum absolute atomic E-state index is 0.155. The Morgan fingerprint density at radius 1 is 1.53 bits per heavy atom. The Kier molecular flexibility index (Phi) is 4.14. The van der Waals surface area contributed by atoms with Crippen molar-refractivity contribution in [1.29, 1.82) is 0 Å². The van der Waals surface area contributed by atoms with Crippen LogP contribution in [0, 0.1) is 5.82 Å². The van der Waals surface area contributed by atoms with Crippen molar-refractivity contribution in [3.8, 4) is 0 Å². The number of sulfonamides is 1. The largest absolute Gasteiger partial charge is 0.371 e. The molecule has 1 aliphatic heterocycles. The fraction of sp³-hybridized carbons (Fsp3) is 0.545. The number of nitrogens with two attached hydrogens (primary N) is 1. The van der Waals surface area contributed by atoms with Gasteiger partial charge in [0, 0.05) is 25.8 Å². The topological polar surface area (TPSA) is 85.5 Å². The van der Waals surface area contributed by atoms with Gasteiger partial charge in [-0.25, -0.2) is 12.8 Å². The number of hydrogen-bond donors (Lipinski definition) is 1. The zero-order valence-electron chi connectivity index (χ0n) is 10.5. The van der Waals surface area contributed by atoms with E-state index in [2.05, 4.69) is 4.98 Å². The lowest BCUT2D eigenvalue weighted by Crippen LogP contribution is -2.51. The van der Waals surface area contributed by atoms with Crippen LogP contribution in [0.1, 0.15) is 6.92 Å². The third-order valence-electron chi connectivity index (χ3n) is 2.87. The van der Waals surface area contributed by atoms with Crippen LogP contribution in [0.15, 0.2) is 23.4 Å². The molecule has 2 rings (SSSR count). The summed E-state index contributed by atoms with van der Waals surface area (Å²) in [6.45, 7) is 2.39. The van der Waals surface area contributed by atoms with Gasteiger partial charge in [0.2, 0.25) is 10.0 Å². The van der Waals surface area contributed by atoms with Crippen molar-refractivity contribution in [3.63, 3.8) is 0 Å². The highest BCUT2D eigenvalue weighted by Crippen LogP contribution is 2.20. The van der Waals surface area contributed by atoms with Gasteiger partial charge < -0.3 is 10.5 Å². The maximum Gasteiger partial charge on any atom is 0.244 e. The van der Waals surface area contributed by atoms with Crippen LogP contribution in [-0.2, 0) is 14.8 Å². The van der Waals surface area contributed by atoms with Gasteiger partial charge in [-0.05, 0) is 13.0 Å². The minimum atomic E-state index is -3.77. The summed E-state index contributed by atoms with van der Waals surface area (Å²) in [5, 5.41) is 0. The van der Waals surface area contributed by atoms with E-state index in [1.54, 1.807) is 6.92 Å². The summed E-state index contributed by atoms with van der Waals surface area (Å²) in [4.78, 5) is 3.41. The Morgan fingerprint density at radius 3 is 2.89 bits per heavy atom. The van der Waals surface area contributed by atoms with Crippen molar-refractivity contribution in [3.05, 3.63) is 24.3 Å². The van der Waals surface area contributed by atoms with E-state index in [4.69, 9.17) is 10.5 Å². The molecule has 6 nitrogen and oxygen atoms in total. The summed E-state index contributed by atoms with van der Waals surface area (Å²) in [5.74, 6) is -0.683. The van der Waals surface area contributed by atoms with E-state index in [0.717, 1.165) is 18.5 Å². The molecule has 2 N–H and O–H groups in total. The number of pyridine rings is 1. The van der Waals surface area contributed by atoms with Crippen LogP contribution in [0.4, 0.5) is 4.39 Å². The fourth-order valence-electron chi connectivity index (χ4n) is 2.01. The highest BCUT2D eigenvalue weighted by molar-refractivity contribution is 7.89. The van der Waals surface area contributed by atoms with Crippen LogP contribution in [0.3, 0.4) is 0 Å². The molecule has 19 heavy (non-hydrogen) atoms. The Labute approximate surface area is 111 Å². The summed E-state index contributed by atoms with van der Waals surface area (Å²) in [6.07, 6.45) is 1.50. The van der Waals surface area contributed by atoms with E-state index in [1.807, 2.05) is 0 Å². The second-order valence-electron chi connectivity index (χ2n) is 4.47. The molecule has 0 radical (unpaired) electrons. The van der Waals surface area contributed by atoms with Crippen molar-refractivity contribution in [2.24, 2.45) is 5.73 Å². The summed E-state index contributed by atoms with van der Waals surface area (Å²) in [5.41, 5.74) is 5.51. The Bertz CT molecular complexity index is 552. The molecule has 2 heterocycles. The van der Waals surface area contributed by atoms with Gasteiger partial charge in [0.15, 0.2) is 0 Å². The van der Waals surface area contributed by atoms with Crippen LogP contribution >= 0.6 is 0 Å². The lowest BCUT2D eigenvalue weighted by Gasteiger charge is -2.35. The highest BCUT2D eigenvalue weighted by atomic mass is 32.2. The van der Waals surface area contributed by atoms with Crippen LogP contribution in [0.2, 0.25) is 0 Å². The molecular formula is C11H16FN3O3S. The standard InChI is InChI=1S/C11H16FN3O3S/c1-8-6-15(7-10(3-13)18-8)19(16,17)11-2-9(12)4-14-5-11/h2,4-5,8,10H,3,6-7,13H2,1H3. The Hall–Kier alpha value is -1.09. The van der Waals surface area contributed by atoms with Crippen molar-refractivity contribution in [2.45, 2.75) is 24.0 Å². The van der Waals surface area contributed by atoms with E-state index >= 15 is 0 Å². The molecule has 0 bridgehead atoms. The van der Waals surface area contributed by atoms with Crippen molar-refractivity contribution < 1.29 is 17.5 Å². The Balaban J connectivity index is 2.29. The van der Waals surface area contributed by atoms with Gasteiger partial charge in [-0.15, -0.1) is 0 Å². The molecule has 0 amide bonds. The molecule has 2 unspecified atom stereocenters. The Morgan fingerprint density at radius 2 is 2.26 bits per heavy atom. The fourth-order valence-corrected chi connectivity index (χ4v) is 3.53. The number of aromatic nitrogens is 1. The molecule has 0 spiro atoms. The molecule has 1 aliphatic rings. The number of halogens is 1. The molecule has 0 aromatic carbocycles. The quantitative estimate of drug-likeness (QED) is 0.843. The lowest BCUT2D eigenvalue weighted by molar-refractivity contribution is -0.0486. The second-order valence-corrected chi connectivity index (χ2v) is 6.40. The van der Waals surface area contributed by atoms with Gasteiger partial charge >= 0.3 is 0 Å². The number of hydrogen-bond acceptors (Lipinski definition) is 5. The molecule has 0 saturated carbocycles. The average molecular weight is 289 g/mol. The average Bonchev–Trinajstić information content (AvgIpc) is 2.38. The molecule has 1 fully saturated rings. The first-order valence-corrected chi connectivity index (χ1v) is 7.33. The number of rotatable bonds is 3. The van der Waals surface area contributed by atoms with Gasteiger partial charge in [-0.2, -0.15) is 4.31 Å². The first-order chi connectivity index (χ1) is 8.93. The van der Waals surface area contributed by atoms with E-state index in [9.17, 15) is 12.8 Å². The first-order valence-electron chi connectivity index (χ1n) is 5.89. The first kappa shape index (κ1) is 14.3. The summed E-state index contributed by atoms with van der Waals surface area (Å²) >= 11 is 0. The molecular weight excluding hydrogens is 273 g/mol. The summed E-state index contributed by atoms with van der Waals surface area (Å²) in [7, 11) is -3.77. The molecule has 8 heteroatoms. The number of nitrogens with zero attached hydrogens (tertiary/aromatic N) is 2. The maximum absolute atomic E-state index is 13.1. The van der Waals surface area contributed by atoms with E-state index in [0.29, 0.717) is 0 Å². The SMILES string of the molecule is CC1CN(S(=O)(=O)c2cncc(F)c2)CC(CN)O1.